The minimum atomic E-state index is -0.327. The summed E-state index contributed by atoms with van der Waals surface area (Å²) in [5, 5.41) is 0. The van der Waals surface area contributed by atoms with Crippen molar-refractivity contribution in [3.63, 3.8) is 0 Å². The molecule has 166 valence electrons. The molecule has 0 atom stereocenters. The Kier molecular flexibility index (Phi) is 5.35. The Hall–Kier alpha value is -4.04. The van der Waals surface area contributed by atoms with Gasteiger partial charge in [0.2, 0.25) is 17.3 Å². The molecule has 3 aromatic rings. The normalized spacial score (nSPS) is 14.9. The molecule has 0 saturated heterocycles. The molecule has 0 amide bonds. The quantitative estimate of drug-likeness (QED) is 0.596. The lowest BCUT2D eigenvalue weighted by molar-refractivity contribution is 0.0936. The average molecular weight is 442 g/mol. The standard InChI is InChI=1S/C25H22N4O4/c1-28(2)11-12-32-25-26-13-17(14-27-25)29-15-16-7-3-6-10-20(16)33-24-21(29)22(30)18-8-4-5-9-19(18)23(24)31/h3-10,13-14H,11-12,15H2,1-2H3. The van der Waals surface area contributed by atoms with Crippen LogP contribution < -0.4 is 14.4 Å². The number of ether oxygens (including phenoxy) is 2. The number of anilines is 1. The van der Waals surface area contributed by atoms with Crippen molar-refractivity contribution in [3.05, 3.63) is 89.1 Å². The number of para-hydroxylation sites is 1. The van der Waals surface area contributed by atoms with Crippen LogP contribution in [0.2, 0.25) is 0 Å². The summed E-state index contributed by atoms with van der Waals surface area (Å²) in [5.41, 5.74) is 2.26. The minimum absolute atomic E-state index is 0.00922. The van der Waals surface area contributed by atoms with Gasteiger partial charge in [-0.25, -0.2) is 9.97 Å². The highest BCUT2D eigenvalue weighted by molar-refractivity contribution is 6.27. The van der Waals surface area contributed by atoms with E-state index in [1.54, 1.807) is 47.6 Å². The summed E-state index contributed by atoms with van der Waals surface area (Å²) in [6.07, 6.45) is 3.18. The first-order valence-corrected chi connectivity index (χ1v) is 10.6. The molecular weight excluding hydrogens is 420 g/mol. The highest BCUT2D eigenvalue weighted by atomic mass is 16.5. The summed E-state index contributed by atoms with van der Waals surface area (Å²) in [5.74, 6) is -0.0571. The molecule has 0 fully saturated rings. The van der Waals surface area contributed by atoms with E-state index in [1.807, 2.05) is 37.2 Å². The number of hydrogen-bond donors (Lipinski definition) is 0. The van der Waals surface area contributed by atoms with E-state index in [9.17, 15) is 9.59 Å². The van der Waals surface area contributed by atoms with Gasteiger partial charge >= 0.3 is 6.01 Å². The zero-order valence-electron chi connectivity index (χ0n) is 18.3. The summed E-state index contributed by atoms with van der Waals surface area (Å²) in [4.78, 5) is 39.3. The Morgan fingerprint density at radius 3 is 2.36 bits per heavy atom. The van der Waals surface area contributed by atoms with Crippen LogP contribution in [0.5, 0.6) is 11.8 Å². The number of carbonyl (C=O) groups excluding carboxylic acids is 2. The lowest BCUT2D eigenvalue weighted by atomic mass is 9.90. The maximum absolute atomic E-state index is 13.6. The van der Waals surface area contributed by atoms with Gasteiger partial charge in [-0.15, -0.1) is 0 Å². The van der Waals surface area contributed by atoms with Crippen LogP contribution in [0.15, 0.2) is 72.4 Å². The van der Waals surface area contributed by atoms with Crippen molar-refractivity contribution in [2.75, 3.05) is 32.1 Å². The summed E-state index contributed by atoms with van der Waals surface area (Å²) in [6.45, 7) is 1.51. The molecule has 1 aliphatic carbocycles. The first-order valence-electron chi connectivity index (χ1n) is 10.6. The van der Waals surface area contributed by atoms with Gasteiger partial charge in [0.25, 0.3) is 0 Å². The number of fused-ring (bicyclic) bond motifs is 2. The minimum Gasteiger partial charge on any atom is -0.462 e. The molecule has 8 nitrogen and oxygen atoms in total. The first kappa shape index (κ1) is 20.8. The number of hydrogen-bond acceptors (Lipinski definition) is 8. The van der Waals surface area contributed by atoms with Crippen LogP contribution in [0, 0.1) is 0 Å². The van der Waals surface area contributed by atoms with E-state index >= 15 is 0 Å². The number of likely N-dealkylation sites (N-methyl/N-ethyl adjacent to an activating group) is 1. The maximum Gasteiger partial charge on any atom is 0.316 e. The van der Waals surface area contributed by atoms with Crippen molar-refractivity contribution in [3.8, 4) is 11.8 Å². The molecule has 2 aliphatic rings. The van der Waals surface area contributed by atoms with Gasteiger partial charge < -0.3 is 19.3 Å². The van der Waals surface area contributed by atoms with Gasteiger partial charge in [0, 0.05) is 23.2 Å². The van der Waals surface area contributed by atoms with E-state index in [0.29, 0.717) is 35.7 Å². The summed E-state index contributed by atoms with van der Waals surface area (Å²) in [7, 11) is 3.91. The number of carbonyl (C=O) groups is 2. The second-order valence-corrected chi connectivity index (χ2v) is 8.05. The van der Waals surface area contributed by atoms with Gasteiger partial charge in [-0.2, -0.15) is 0 Å². The highest BCUT2D eigenvalue weighted by Crippen LogP contribution is 2.37. The summed E-state index contributed by atoms with van der Waals surface area (Å²) in [6, 6.07) is 14.5. The predicted octanol–water partition coefficient (Wildman–Crippen LogP) is 3.11. The molecule has 2 aromatic carbocycles. The Bertz CT molecular complexity index is 1270. The topological polar surface area (TPSA) is 84.9 Å². The van der Waals surface area contributed by atoms with Crippen LogP contribution in [-0.4, -0.2) is 53.7 Å². The molecular formula is C25H22N4O4. The molecule has 0 radical (unpaired) electrons. The van der Waals surface area contributed by atoms with Gasteiger partial charge in [-0.3, -0.25) is 9.59 Å². The molecule has 5 rings (SSSR count). The predicted molar refractivity (Wildman–Crippen MR) is 121 cm³/mol. The lowest BCUT2D eigenvalue weighted by Crippen LogP contribution is -2.34. The van der Waals surface area contributed by atoms with E-state index in [-0.39, 0.29) is 29.0 Å². The van der Waals surface area contributed by atoms with Gasteiger partial charge in [-0.1, -0.05) is 42.5 Å². The van der Waals surface area contributed by atoms with E-state index in [2.05, 4.69) is 9.97 Å². The van der Waals surface area contributed by atoms with Crippen LogP contribution in [0.25, 0.3) is 0 Å². The van der Waals surface area contributed by atoms with Gasteiger partial charge in [0.05, 0.1) is 24.6 Å². The zero-order valence-corrected chi connectivity index (χ0v) is 18.3. The van der Waals surface area contributed by atoms with Crippen LogP contribution in [-0.2, 0) is 6.54 Å². The van der Waals surface area contributed by atoms with Crippen molar-refractivity contribution >= 4 is 17.3 Å². The average Bonchev–Trinajstić information content (AvgIpc) is 3.00. The van der Waals surface area contributed by atoms with Crippen LogP contribution >= 0.6 is 0 Å². The van der Waals surface area contributed by atoms with E-state index in [4.69, 9.17) is 9.47 Å². The smallest absolute Gasteiger partial charge is 0.316 e. The van der Waals surface area contributed by atoms with Crippen molar-refractivity contribution in [2.24, 2.45) is 0 Å². The fraction of sp³-hybridized carbons (Fsp3) is 0.200. The van der Waals surface area contributed by atoms with Gasteiger partial charge in [0.15, 0.2) is 0 Å². The maximum atomic E-state index is 13.6. The molecule has 1 aromatic heterocycles. The Labute approximate surface area is 191 Å². The van der Waals surface area contributed by atoms with Crippen LogP contribution in [0.1, 0.15) is 26.3 Å². The number of rotatable bonds is 5. The SMILES string of the molecule is CN(C)CCOc1ncc(N2Cc3ccccc3OC3=C2C(=O)c2ccccc2C3=O)cn1. The summed E-state index contributed by atoms with van der Waals surface area (Å²) < 4.78 is 11.6. The van der Waals surface area contributed by atoms with Crippen molar-refractivity contribution in [1.29, 1.82) is 0 Å². The lowest BCUT2D eigenvalue weighted by Gasteiger charge is -2.28. The van der Waals surface area contributed by atoms with E-state index in [0.717, 1.165) is 12.1 Å². The first-order chi connectivity index (χ1) is 16.0. The Balaban J connectivity index is 1.56. The van der Waals surface area contributed by atoms with Crippen molar-refractivity contribution in [1.82, 2.24) is 14.9 Å². The van der Waals surface area contributed by atoms with Gasteiger partial charge in [0.1, 0.15) is 18.1 Å². The molecule has 2 heterocycles. The Morgan fingerprint density at radius 1 is 0.970 bits per heavy atom. The Morgan fingerprint density at radius 2 is 1.64 bits per heavy atom. The van der Waals surface area contributed by atoms with E-state index in [1.165, 1.54) is 0 Å². The molecule has 0 spiro atoms. The van der Waals surface area contributed by atoms with E-state index < -0.39 is 0 Å². The molecule has 0 saturated carbocycles. The summed E-state index contributed by atoms with van der Waals surface area (Å²) >= 11 is 0. The fourth-order valence-corrected chi connectivity index (χ4v) is 3.84. The van der Waals surface area contributed by atoms with Crippen LogP contribution in [0.4, 0.5) is 5.69 Å². The second kappa shape index (κ2) is 8.48. The molecule has 0 unspecified atom stereocenters. The fourth-order valence-electron chi connectivity index (χ4n) is 3.84. The molecule has 1 aliphatic heterocycles. The number of aromatic nitrogens is 2. The third-order valence-electron chi connectivity index (χ3n) is 5.53. The van der Waals surface area contributed by atoms with Crippen molar-refractivity contribution < 1.29 is 19.1 Å². The molecule has 8 heteroatoms. The third-order valence-corrected chi connectivity index (χ3v) is 5.53. The third kappa shape index (κ3) is 3.85. The highest BCUT2D eigenvalue weighted by Gasteiger charge is 2.39. The molecule has 0 N–H and O–H groups in total. The number of ketones is 2. The van der Waals surface area contributed by atoms with Crippen molar-refractivity contribution in [2.45, 2.75) is 6.54 Å². The zero-order chi connectivity index (χ0) is 22.9. The monoisotopic (exact) mass is 442 g/mol. The number of benzene rings is 2. The number of Topliss-reactive ketones (excluding diaryl/α,β-unsaturated/α-hetero) is 2. The molecule has 0 bridgehead atoms. The van der Waals surface area contributed by atoms with Crippen LogP contribution in [0.3, 0.4) is 0 Å². The number of allylic oxidation sites excluding steroid dienone is 2. The largest absolute Gasteiger partial charge is 0.462 e. The van der Waals surface area contributed by atoms with Gasteiger partial charge in [-0.05, 0) is 20.2 Å². The molecule has 33 heavy (non-hydrogen) atoms. The number of nitrogens with zero attached hydrogens (tertiary/aromatic N) is 4. The second-order valence-electron chi connectivity index (χ2n) is 8.05.